The fourth-order valence-corrected chi connectivity index (χ4v) is 2.67. The second-order valence-corrected chi connectivity index (χ2v) is 5.64. The third kappa shape index (κ3) is 3.73. The minimum atomic E-state index is -0.373. The van der Waals surface area contributed by atoms with E-state index in [1.807, 2.05) is 0 Å². The highest BCUT2D eigenvalue weighted by atomic mass is 19.1. The summed E-state index contributed by atoms with van der Waals surface area (Å²) in [6.45, 7) is 1.09. The standard InChI is InChI=1S/C17H17FN4O2/c18-13-3-1-12(2-4-13)16(23)21-14-5-9-22(10-6-14)17(24)15-11-19-7-8-20-15/h1-4,7-8,11,14H,5-6,9-10H2,(H,21,23). The van der Waals surface area contributed by atoms with Crippen molar-refractivity contribution in [2.24, 2.45) is 0 Å². The molecule has 0 bridgehead atoms. The summed E-state index contributed by atoms with van der Waals surface area (Å²) in [5.41, 5.74) is 0.751. The van der Waals surface area contributed by atoms with Gasteiger partial charge in [0.05, 0.1) is 6.20 Å². The topological polar surface area (TPSA) is 75.2 Å². The first-order valence-electron chi connectivity index (χ1n) is 7.75. The number of carbonyl (C=O) groups excluding carboxylic acids is 2. The van der Waals surface area contributed by atoms with Crippen molar-refractivity contribution in [3.8, 4) is 0 Å². The Labute approximate surface area is 138 Å². The number of nitrogens with one attached hydrogen (secondary N) is 1. The highest BCUT2D eigenvalue weighted by molar-refractivity contribution is 5.94. The van der Waals surface area contributed by atoms with Gasteiger partial charge in [0.25, 0.3) is 11.8 Å². The number of piperidine rings is 1. The Hall–Kier alpha value is -2.83. The first kappa shape index (κ1) is 16.0. The van der Waals surface area contributed by atoms with Crippen LogP contribution in [-0.2, 0) is 0 Å². The van der Waals surface area contributed by atoms with Gasteiger partial charge in [0.2, 0.25) is 0 Å². The van der Waals surface area contributed by atoms with E-state index in [2.05, 4.69) is 15.3 Å². The molecule has 2 aromatic rings. The summed E-state index contributed by atoms with van der Waals surface area (Å²) in [5.74, 6) is -0.748. The minimum Gasteiger partial charge on any atom is -0.349 e. The first-order valence-corrected chi connectivity index (χ1v) is 7.75. The van der Waals surface area contributed by atoms with Crippen LogP contribution in [0.15, 0.2) is 42.9 Å². The predicted molar refractivity (Wildman–Crippen MR) is 84.8 cm³/mol. The van der Waals surface area contributed by atoms with Gasteiger partial charge in [-0.1, -0.05) is 0 Å². The second kappa shape index (κ2) is 7.16. The molecule has 0 aliphatic carbocycles. The summed E-state index contributed by atoms with van der Waals surface area (Å²) in [6.07, 6.45) is 5.79. The smallest absolute Gasteiger partial charge is 0.274 e. The van der Waals surface area contributed by atoms with E-state index in [9.17, 15) is 14.0 Å². The van der Waals surface area contributed by atoms with Gasteiger partial charge in [-0.3, -0.25) is 14.6 Å². The van der Waals surface area contributed by atoms with Crippen molar-refractivity contribution in [2.75, 3.05) is 13.1 Å². The Morgan fingerprint density at radius 1 is 1.12 bits per heavy atom. The van der Waals surface area contributed by atoms with Gasteiger partial charge < -0.3 is 10.2 Å². The van der Waals surface area contributed by atoms with Gasteiger partial charge in [-0.2, -0.15) is 0 Å². The number of nitrogens with zero attached hydrogens (tertiary/aromatic N) is 3. The molecular weight excluding hydrogens is 311 g/mol. The van der Waals surface area contributed by atoms with Crippen LogP contribution in [0.3, 0.4) is 0 Å². The second-order valence-electron chi connectivity index (χ2n) is 5.64. The van der Waals surface area contributed by atoms with E-state index in [0.29, 0.717) is 37.2 Å². The van der Waals surface area contributed by atoms with Crippen molar-refractivity contribution in [3.05, 3.63) is 59.9 Å². The Bertz CT molecular complexity index is 713. The fourth-order valence-electron chi connectivity index (χ4n) is 2.67. The zero-order valence-electron chi connectivity index (χ0n) is 13.0. The highest BCUT2D eigenvalue weighted by Crippen LogP contribution is 2.14. The van der Waals surface area contributed by atoms with Crippen molar-refractivity contribution >= 4 is 11.8 Å². The molecule has 24 heavy (non-hydrogen) atoms. The number of aromatic nitrogens is 2. The minimum absolute atomic E-state index is 0.00605. The average Bonchev–Trinajstić information content (AvgIpc) is 2.63. The van der Waals surface area contributed by atoms with E-state index in [-0.39, 0.29) is 23.7 Å². The molecule has 1 fully saturated rings. The molecule has 1 aromatic carbocycles. The number of hydrogen-bond acceptors (Lipinski definition) is 4. The van der Waals surface area contributed by atoms with E-state index < -0.39 is 0 Å². The van der Waals surface area contributed by atoms with Gasteiger partial charge in [-0.15, -0.1) is 0 Å². The Kier molecular flexibility index (Phi) is 4.79. The molecule has 2 amide bonds. The van der Waals surface area contributed by atoms with Crippen LogP contribution in [0, 0.1) is 5.82 Å². The van der Waals surface area contributed by atoms with Gasteiger partial charge in [-0.25, -0.2) is 9.37 Å². The number of rotatable bonds is 3. The lowest BCUT2D eigenvalue weighted by Crippen LogP contribution is -2.46. The van der Waals surface area contributed by atoms with Crippen molar-refractivity contribution in [3.63, 3.8) is 0 Å². The van der Waals surface area contributed by atoms with Gasteiger partial charge in [0.15, 0.2) is 0 Å². The van der Waals surface area contributed by atoms with Crippen LogP contribution in [0.25, 0.3) is 0 Å². The molecule has 0 spiro atoms. The van der Waals surface area contributed by atoms with Crippen LogP contribution in [-0.4, -0.2) is 45.8 Å². The number of likely N-dealkylation sites (tertiary alicyclic amines) is 1. The van der Waals surface area contributed by atoms with Gasteiger partial charge in [0, 0.05) is 37.1 Å². The van der Waals surface area contributed by atoms with Crippen molar-refractivity contribution in [1.82, 2.24) is 20.2 Å². The van der Waals surface area contributed by atoms with Crippen LogP contribution in [0.5, 0.6) is 0 Å². The van der Waals surface area contributed by atoms with Crippen LogP contribution in [0.2, 0.25) is 0 Å². The first-order chi connectivity index (χ1) is 11.6. The summed E-state index contributed by atoms with van der Waals surface area (Å²) in [7, 11) is 0. The molecule has 3 rings (SSSR count). The summed E-state index contributed by atoms with van der Waals surface area (Å²) in [5, 5.41) is 2.93. The Morgan fingerprint density at radius 2 is 1.83 bits per heavy atom. The molecule has 7 heteroatoms. The van der Waals surface area contributed by atoms with Gasteiger partial charge >= 0.3 is 0 Å². The van der Waals surface area contributed by atoms with E-state index in [4.69, 9.17) is 0 Å². The monoisotopic (exact) mass is 328 g/mol. The number of hydrogen-bond donors (Lipinski definition) is 1. The van der Waals surface area contributed by atoms with Gasteiger partial charge in [-0.05, 0) is 37.1 Å². The average molecular weight is 328 g/mol. The maximum atomic E-state index is 12.9. The lowest BCUT2D eigenvalue weighted by Gasteiger charge is -2.32. The lowest BCUT2D eigenvalue weighted by atomic mass is 10.0. The van der Waals surface area contributed by atoms with E-state index in [1.54, 1.807) is 4.90 Å². The normalized spacial score (nSPS) is 15.1. The van der Waals surface area contributed by atoms with Crippen LogP contribution >= 0.6 is 0 Å². The summed E-state index contributed by atoms with van der Waals surface area (Å²) in [4.78, 5) is 34.0. The molecule has 2 heterocycles. The molecule has 124 valence electrons. The van der Waals surface area contributed by atoms with Crippen molar-refractivity contribution < 1.29 is 14.0 Å². The maximum Gasteiger partial charge on any atom is 0.274 e. The van der Waals surface area contributed by atoms with Crippen molar-refractivity contribution in [2.45, 2.75) is 18.9 Å². The molecule has 0 saturated carbocycles. The molecule has 0 radical (unpaired) electrons. The lowest BCUT2D eigenvalue weighted by molar-refractivity contribution is 0.0692. The number of carbonyl (C=O) groups is 2. The van der Waals surface area contributed by atoms with E-state index in [0.717, 1.165) is 0 Å². The molecule has 0 unspecified atom stereocenters. The number of halogens is 1. The summed E-state index contributed by atoms with van der Waals surface area (Å²) in [6, 6.07) is 5.43. The molecule has 1 saturated heterocycles. The van der Waals surface area contributed by atoms with Crippen molar-refractivity contribution in [1.29, 1.82) is 0 Å². The molecule has 6 nitrogen and oxygen atoms in total. The molecule has 1 aliphatic rings. The third-order valence-corrected chi connectivity index (χ3v) is 4.01. The Morgan fingerprint density at radius 3 is 2.46 bits per heavy atom. The van der Waals surface area contributed by atoms with Crippen LogP contribution < -0.4 is 5.32 Å². The predicted octanol–water partition coefficient (Wildman–Crippen LogP) is 1.65. The molecular formula is C17H17FN4O2. The SMILES string of the molecule is O=C(NC1CCN(C(=O)c2cnccn2)CC1)c1ccc(F)cc1. The molecule has 1 aromatic heterocycles. The van der Waals surface area contributed by atoms with Crippen LogP contribution in [0.1, 0.15) is 33.7 Å². The molecule has 1 aliphatic heterocycles. The maximum absolute atomic E-state index is 12.9. The third-order valence-electron chi connectivity index (χ3n) is 4.01. The largest absolute Gasteiger partial charge is 0.349 e. The van der Waals surface area contributed by atoms with E-state index >= 15 is 0 Å². The number of amides is 2. The highest BCUT2D eigenvalue weighted by Gasteiger charge is 2.25. The van der Waals surface area contributed by atoms with E-state index in [1.165, 1.54) is 42.9 Å². The summed E-state index contributed by atoms with van der Waals surface area (Å²) < 4.78 is 12.9. The number of benzene rings is 1. The molecule has 0 atom stereocenters. The van der Waals surface area contributed by atoms with Gasteiger partial charge in [0.1, 0.15) is 11.5 Å². The quantitative estimate of drug-likeness (QED) is 0.930. The Balaban J connectivity index is 1.53. The summed E-state index contributed by atoms with van der Waals surface area (Å²) >= 11 is 0. The zero-order chi connectivity index (χ0) is 16.9. The van der Waals surface area contributed by atoms with Crippen LogP contribution in [0.4, 0.5) is 4.39 Å². The molecule has 1 N–H and O–H groups in total. The fraction of sp³-hybridized carbons (Fsp3) is 0.294. The zero-order valence-corrected chi connectivity index (χ0v) is 13.0.